The smallest absolute Gasteiger partial charge is 0.293 e. The van der Waals surface area contributed by atoms with Gasteiger partial charge in [0, 0.05) is 18.6 Å². The zero-order chi connectivity index (χ0) is 21.1. The van der Waals surface area contributed by atoms with Crippen LogP contribution in [0.3, 0.4) is 0 Å². The number of nitro benzene ring substituents is 1. The summed E-state index contributed by atoms with van der Waals surface area (Å²) in [5.74, 6) is 0.363. The first-order valence-electron chi connectivity index (χ1n) is 9.13. The third kappa shape index (κ3) is 4.28. The van der Waals surface area contributed by atoms with E-state index in [1.807, 2.05) is 48.5 Å². The van der Waals surface area contributed by atoms with E-state index in [0.29, 0.717) is 17.2 Å². The van der Waals surface area contributed by atoms with Gasteiger partial charge in [-0.25, -0.2) is 4.98 Å². The summed E-state index contributed by atoms with van der Waals surface area (Å²) in [4.78, 5) is 26.8. The topological polar surface area (TPSA) is 94.4 Å². The fourth-order valence-corrected chi connectivity index (χ4v) is 3.96. The maximum atomic E-state index is 11.4. The molecular formula is C22H17N3O4S. The summed E-state index contributed by atoms with van der Waals surface area (Å²) in [5.41, 5.74) is 2.47. The Morgan fingerprint density at radius 3 is 2.67 bits per heavy atom. The summed E-state index contributed by atoms with van der Waals surface area (Å²) in [6.45, 7) is 1.78. The van der Waals surface area contributed by atoms with Gasteiger partial charge in [0.2, 0.25) is 5.91 Å². The minimum atomic E-state index is -0.516. The lowest BCUT2D eigenvalue weighted by Crippen LogP contribution is -2.08. The number of carbonyl (C=O) groups is 1. The lowest BCUT2D eigenvalue weighted by atomic mass is 10.1. The molecule has 3 aromatic carbocycles. The Labute approximate surface area is 176 Å². The number of benzene rings is 3. The average Bonchev–Trinajstić information content (AvgIpc) is 3.16. The molecule has 8 heteroatoms. The SMILES string of the molecule is CC(=O)Nc1ccc(-c2nc3ccc(OCc4ccccc4)cc3s2)cc1[N+](=O)[O-]. The van der Waals surface area contributed by atoms with Crippen molar-refractivity contribution in [2.75, 3.05) is 5.32 Å². The molecule has 0 aliphatic carbocycles. The Bertz CT molecular complexity index is 1240. The molecule has 0 saturated carbocycles. The van der Waals surface area contributed by atoms with Gasteiger partial charge in [0.15, 0.2) is 0 Å². The highest BCUT2D eigenvalue weighted by Crippen LogP contribution is 2.36. The highest BCUT2D eigenvalue weighted by molar-refractivity contribution is 7.21. The highest BCUT2D eigenvalue weighted by atomic mass is 32.1. The second-order valence-corrected chi connectivity index (χ2v) is 7.62. The van der Waals surface area contributed by atoms with Crippen LogP contribution >= 0.6 is 11.3 Å². The number of nitrogens with one attached hydrogen (secondary N) is 1. The molecule has 0 atom stereocenters. The van der Waals surface area contributed by atoms with Crippen molar-refractivity contribution >= 4 is 38.8 Å². The maximum absolute atomic E-state index is 11.4. The molecule has 0 saturated heterocycles. The van der Waals surface area contributed by atoms with Gasteiger partial charge in [0.1, 0.15) is 23.1 Å². The Morgan fingerprint density at radius 2 is 1.93 bits per heavy atom. The lowest BCUT2D eigenvalue weighted by molar-refractivity contribution is -0.383. The summed E-state index contributed by atoms with van der Waals surface area (Å²) in [6, 6.07) is 20.2. The third-order valence-electron chi connectivity index (χ3n) is 4.36. The van der Waals surface area contributed by atoms with Crippen molar-refractivity contribution in [1.29, 1.82) is 0 Å². The Hall–Kier alpha value is -3.78. The predicted octanol–water partition coefficient (Wildman–Crippen LogP) is 5.41. The van der Waals surface area contributed by atoms with E-state index in [0.717, 1.165) is 21.5 Å². The summed E-state index contributed by atoms with van der Waals surface area (Å²) in [7, 11) is 0. The van der Waals surface area contributed by atoms with Crippen LogP contribution in [0.5, 0.6) is 5.75 Å². The molecule has 0 spiro atoms. The lowest BCUT2D eigenvalue weighted by Gasteiger charge is -2.05. The summed E-state index contributed by atoms with van der Waals surface area (Å²) < 4.78 is 6.79. The normalized spacial score (nSPS) is 10.7. The van der Waals surface area contributed by atoms with Crippen molar-refractivity contribution in [2.45, 2.75) is 13.5 Å². The molecule has 0 unspecified atom stereocenters. The second kappa shape index (κ2) is 8.30. The molecule has 0 radical (unpaired) electrons. The van der Waals surface area contributed by atoms with Gasteiger partial charge in [0.05, 0.1) is 15.1 Å². The van der Waals surface area contributed by atoms with Gasteiger partial charge in [-0.15, -0.1) is 11.3 Å². The average molecular weight is 419 g/mol. The molecule has 0 aliphatic heterocycles. The van der Waals surface area contributed by atoms with Gasteiger partial charge in [-0.1, -0.05) is 30.3 Å². The van der Waals surface area contributed by atoms with E-state index in [1.165, 1.54) is 30.4 Å². The van der Waals surface area contributed by atoms with Gasteiger partial charge in [-0.3, -0.25) is 14.9 Å². The van der Waals surface area contributed by atoms with E-state index in [2.05, 4.69) is 10.3 Å². The standard InChI is InChI=1S/C22H17N3O4S/c1-14(26)23-18-9-7-16(11-20(18)25(27)28)22-24-19-10-8-17(12-21(19)30-22)29-13-15-5-3-2-4-6-15/h2-12H,13H2,1H3,(H,23,26). The number of carbonyl (C=O) groups excluding carboxylic acids is 1. The summed E-state index contributed by atoms with van der Waals surface area (Å²) in [6.07, 6.45) is 0. The van der Waals surface area contributed by atoms with Crippen molar-refractivity contribution in [2.24, 2.45) is 0 Å². The van der Waals surface area contributed by atoms with Crippen LogP contribution in [0.4, 0.5) is 11.4 Å². The van der Waals surface area contributed by atoms with Crippen molar-refractivity contribution in [3.63, 3.8) is 0 Å². The molecule has 0 bridgehead atoms. The first-order valence-corrected chi connectivity index (χ1v) is 9.95. The molecule has 0 aliphatic rings. The fourth-order valence-electron chi connectivity index (χ4n) is 2.97. The minimum absolute atomic E-state index is 0.161. The first kappa shape index (κ1) is 19.5. The van der Waals surface area contributed by atoms with E-state index in [9.17, 15) is 14.9 Å². The number of anilines is 1. The minimum Gasteiger partial charge on any atom is -0.489 e. The quantitative estimate of drug-likeness (QED) is 0.333. The molecule has 4 aromatic rings. The molecule has 150 valence electrons. The number of ether oxygens (including phenoxy) is 1. The Kier molecular flexibility index (Phi) is 5.40. The third-order valence-corrected chi connectivity index (χ3v) is 5.43. The van der Waals surface area contributed by atoms with Crippen LogP contribution in [0.1, 0.15) is 12.5 Å². The van der Waals surface area contributed by atoms with Crippen molar-refractivity contribution in [3.8, 4) is 16.3 Å². The first-order chi connectivity index (χ1) is 14.5. The van der Waals surface area contributed by atoms with E-state index in [4.69, 9.17) is 4.74 Å². The van der Waals surface area contributed by atoms with Gasteiger partial charge in [-0.2, -0.15) is 0 Å². The van der Waals surface area contributed by atoms with Crippen LogP contribution in [-0.4, -0.2) is 15.8 Å². The van der Waals surface area contributed by atoms with Gasteiger partial charge < -0.3 is 10.1 Å². The summed E-state index contributed by atoms with van der Waals surface area (Å²) in [5, 5.41) is 14.5. The molecule has 30 heavy (non-hydrogen) atoms. The molecule has 1 N–H and O–H groups in total. The van der Waals surface area contributed by atoms with Crippen LogP contribution < -0.4 is 10.1 Å². The number of thiazole rings is 1. The van der Waals surface area contributed by atoms with Crippen LogP contribution in [0.15, 0.2) is 66.7 Å². The second-order valence-electron chi connectivity index (χ2n) is 6.59. The van der Waals surface area contributed by atoms with Crippen LogP contribution in [0.2, 0.25) is 0 Å². The fraction of sp³-hybridized carbons (Fsp3) is 0.0909. The van der Waals surface area contributed by atoms with E-state index >= 15 is 0 Å². The zero-order valence-electron chi connectivity index (χ0n) is 16.0. The number of hydrogen-bond donors (Lipinski definition) is 1. The maximum Gasteiger partial charge on any atom is 0.293 e. The molecule has 0 fully saturated rings. The summed E-state index contributed by atoms with van der Waals surface area (Å²) >= 11 is 1.43. The molecular weight excluding hydrogens is 402 g/mol. The molecule has 7 nitrogen and oxygen atoms in total. The number of aromatic nitrogens is 1. The van der Waals surface area contributed by atoms with Gasteiger partial charge >= 0.3 is 0 Å². The molecule has 1 amide bonds. The number of nitrogens with zero attached hydrogens (tertiary/aromatic N) is 2. The van der Waals surface area contributed by atoms with Crippen LogP contribution in [0.25, 0.3) is 20.8 Å². The monoisotopic (exact) mass is 419 g/mol. The van der Waals surface area contributed by atoms with Crippen LogP contribution in [0, 0.1) is 10.1 Å². The number of amides is 1. The largest absolute Gasteiger partial charge is 0.489 e. The van der Waals surface area contributed by atoms with Gasteiger partial charge in [0.25, 0.3) is 5.69 Å². The van der Waals surface area contributed by atoms with Crippen molar-refractivity contribution < 1.29 is 14.5 Å². The molecule has 1 heterocycles. The molecule has 4 rings (SSSR count). The van der Waals surface area contributed by atoms with E-state index in [1.54, 1.807) is 6.07 Å². The van der Waals surface area contributed by atoms with Gasteiger partial charge in [-0.05, 0) is 35.9 Å². The number of hydrogen-bond acceptors (Lipinski definition) is 6. The zero-order valence-corrected chi connectivity index (χ0v) is 16.8. The Balaban J connectivity index is 1.61. The van der Waals surface area contributed by atoms with E-state index < -0.39 is 4.92 Å². The van der Waals surface area contributed by atoms with Crippen molar-refractivity contribution in [1.82, 2.24) is 4.98 Å². The Morgan fingerprint density at radius 1 is 1.13 bits per heavy atom. The van der Waals surface area contributed by atoms with E-state index in [-0.39, 0.29) is 17.3 Å². The van der Waals surface area contributed by atoms with Crippen molar-refractivity contribution in [3.05, 3.63) is 82.4 Å². The highest BCUT2D eigenvalue weighted by Gasteiger charge is 2.18. The number of fused-ring (bicyclic) bond motifs is 1. The van der Waals surface area contributed by atoms with Crippen LogP contribution in [-0.2, 0) is 11.4 Å². The molecule has 1 aromatic heterocycles. The number of rotatable bonds is 6. The predicted molar refractivity (Wildman–Crippen MR) is 117 cm³/mol. The number of nitro groups is 1.